The molecule has 0 rings (SSSR count). The highest BCUT2D eigenvalue weighted by Crippen LogP contribution is 2.08. The van der Waals surface area contributed by atoms with Gasteiger partial charge in [-0.3, -0.25) is 38.8 Å². The number of carboxylic acids is 2. The monoisotopic (exact) mass is 788 g/mol. The highest BCUT2D eigenvalue weighted by Gasteiger charge is 2.33. The molecule has 0 saturated carbocycles. The van der Waals surface area contributed by atoms with Crippen molar-refractivity contribution in [1.82, 2.24) is 26.6 Å². The fourth-order valence-electron chi connectivity index (χ4n) is 4.89. The van der Waals surface area contributed by atoms with Crippen molar-refractivity contribution < 1.29 is 48.9 Å². The van der Waals surface area contributed by atoms with Crippen LogP contribution < -0.4 is 66.7 Å². The van der Waals surface area contributed by atoms with E-state index in [0.29, 0.717) is 32.2 Å². The van der Waals surface area contributed by atoms with Crippen LogP contribution in [0.15, 0.2) is 9.98 Å². The Bertz CT molecular complexity index is 1310. The summed E-state index contributed by atoms with van der Waals surface area (Å²) in [6, 6.07) is -8.57. The summed E-state index contributed by atoms with van der Waals surface area (Å²) in [6.07, 6.45) is 0.814. The molecule has 22 N–H and O–H groups in total. The van der Waals surface area contributed by atoms with E-state index in [-0.39, 0.29) is 70.1 Å². The Morgan fingerprint density at radius 3 is 1.22 bits per heavy atom. The van der Waals surface area contributed by atoms with E-state index in [0.717, 1.165) is 0 Å². The van der Waals surface area contributed by atoms with Crippen molar-refractivity contribution in [1.29, 1.82) is 0 Å². The predicted octanol–water partition coefficient (Wildman–Crippen LogP) is -6.35. The third kappa shape index (κ3) is 22.5. The molecule has 0 aliphatic rings. The van der Waals surface area contributed by atoms with Gasteiger partial charge >= 0.3 is 11.9 Å². The van der Waals surface area contributed by atoms with Crippen LogP contribution in [0.1, 0.15) is 70.6 Å². The molecule has 0 aromatic heterocycles. The number of nitrogens with two attached hydrogens (primary N) is 7. The summed E-state index contributed by atoms with van der Waals surface area (Å²) >= 11 is 0. The third-order valence-corrected chi connectivity index (χ3v) is 7.84. The van der Waals surface area contributed by atoms with E-state index in [2.05, 4.69) is 36.6 Å². The Kier molecular flexibility index (Phi) is 25.4. The zero-order valence-electron chi connectivity index (χ0n) is 30.9. The number of hydrogen-bond donors (Lipinski definition) is 15. The van der Waals surface area contributed by atoms with Crippen molar-refractivity contribution in [2.24, 2.45) is 50.1 Å². The average molecular weight is 789 g/mol. The molecule has 0 spiro atoms. The Labute approximate surface area is 318 Å². The van der Waals surface area contributed by atoms with Gasteiger partial charge in [0.05, 0.1) is 13.0 Å². The van der Waals surface area contributed by atoms with Gasteiger partial charge in [-0.05, 0) is 77.3 Å². The van der Waals surface area contributed by atoms with E-state index in [1.165, 1.54) is 0 Å². The van der Waals surface area contributed by atoms with Crippen LogP contribution >= 0.6 is 0 Å². The second kappa shape index (κ2) is 28.2. The predicted molar refractivity (Wildman–Crippen MR) is 200 cm³/mol. The van der Waals surface area contributed by atoms with Gasteiger partial charge in [-0.25, -0.2) is 4.79 Å². The SMILES string of the molecule is NCCCC[C@H](NC(=O)[C@H](CCCN=C(N)N)NC(=O)[C@H](CC(=O)O)NC(=O)[C@H](CCCCN)NC(=O)[C@H](CCCN=C(N)N)NC(=O)[C@@H](N)CO)C(=O)O. The van der Waals surface area contributed by atoms with E-state index in [1.54, 1.807) is 0 Å². The number of aliphatic hydroxyl groups excluding tert-OH is 1. The molecule has 314 valence electrons. The molecule has 0 aliphatic carbocycles. The lowest BCUT2D eigenvalue weighted by molar-refractivity contribution is -0.143. The van der Waals surface area contributed by atoms with Crippen molar-refractivity contribution >= 4 is 53.4 Å². The molecule has 0 aromatic carbocycles. The maximum absolute atomic E-state index is 13.6. The number of unbranched alkanes of at least 4 members (excludes halogenated alkanes) is 2. The minimum atomic E-state index is -1.79. The topological polar surface area (TPSA) is 447 Å². The number of carbonyl (C=O) groups excluding carboxylic acids is 5. The summed E-state index contributed by atoms with van der Waals surface area (Å²) in [5.41, 5.74) is 38.1. The number of guanidine groups is 2. The zero-order chi connectivity index (χ0) is 41.9. The second-order valence-electron chi connectivity index (χ2n) is 12.5. The number of amides is 5. The summed E-state index contributed by atoms with van der Waals surface area (Å²) in [6.45, 7) is -0.0769. The summed E-state index contributed by atoms with van der Waals surface area (Å²) in [4.78, 5) is 97.7. The minimum Gasteiger partial charge on any atom is -0.481 e. The van der Waals surface area contributed by atoms with Crippen LogP contribution in [0.2, 0.25) is 0 Å². The largest absolute Gasteiger partial charge is 0.481 e. The van der Waals surface area contributed by atoms with Crippen molar-refractivity contribution in [2.75, 3.05) is 32.8 Å². The molecule has 55 heavy (non-hydrogen) atoms. The highest BCUT2D eigenvalue weighted by atomic mass is 16.4. The van der Waals surface area contributed by atoms with Crippen LogP contribution in [0.25, 0.3) is 0 Å². The quantitative estimate of drug-likeness (QED) is 0.0183. The Morgan fingerprint density at radius 1 is 0.509 bits per heavy atom. The fraction of sp³-hybridized carbons (Fsp3) is 0.710. The molecule has 24 nitrogen and oxygen atoms in total. The molecule has 0 heterocycles. The fourth-order valence-corrected chi connectivity index (χ4v) is 4.89. The third-order valence-electron chi connectivity index (χ3n) is 7.84. The maximum atomic E-state index is 13.6. The van der Waals surface area contributed by atoms with Gasteiger partial charge in [-0.1, -0.05) is 0 Å². The molecule has 0 radical (unpaired) electrons. The van der Waals surface area contributed by atoms with Gasteiger partial charge in [0.25, 0.3) is 0 Å². The summed E-state index contributed by atoms with van der Waals surface area (Å²) in [5.74, 6) is -7.99. The molecule has 0 saturated heterocycles. The first kappa shape index (κ1) is 49.7. The van der Waals surface area contributed by atoms with E-state index >= 15 is 0 Å². The van der Waals surface area contributed by atoms with Crippen molar-refractivity contribution in [3.63, 3.8) is 0 Å². The van der Waals surface area contributed by atoms with Crippen molar-refractivity contribution in [3.8, 4) is 0 Å². The Hall–Kier alpha value is -5.33. The van der Waals surface area contributed by atoms with Gasteiger partial charge in [0.15, 0.2) is 11.9 Å². The molecule has 6 atom stereocenters. The molecule has 24 heteroatoms. The lowest BCUT2D eigenvalue weighted by Gasteiger charge is -2.27. The standard InChI is InChI=1S/C31H60N14O10/c32-11-3-1-7-18(42-25(50)19(9-5-13-39-30(35)36)41-24(49)17(34)16-46)27(52)45-22(15-23(47)48)28(53)43-20(10-6-14-40-31(37)38)26(51)44-21(29(54)55)8-2-4-12-33/h17-22,46H,1-16,32-34H2,(H,41,49)(H,42,50)(H,43,53)(H,44,51)(H,45,52)(H,47,48)(H,54,55)(H4,35,36,39)(H4,37,38,40)/t17-,18-,19-,20-,21-,22-/m0/s1. The van der Waals surface area contributed by atoms with Gasteiger partial charge in [0.1, 0.15) is 36.3 Å². The molecule has 0 unspecified atom stereocenters. The summed E-state index contributed by atoms with van der Waals surface area (Å²) in [5, 5.41) is 40.5. The molecule has 0 fully saturated rings. The number of nitrogens with zero attached hydrogens (tertiary/aromatic N) is 2. The smallest absolute Gasteiger partial charge is 0.326 e. The van der Waals surface area contributed by atoms with Gasteiger partial charge in [0, 0.05) is 13.1 Å². The number of aliphatic hydroxyl groups is 1. The summed E-state index contributed by atoms with van der Waals surface area (Å²) in [7, 11) is 0. The van der Waals surface area contributed by atoms with E-state index in [9.17, 15) is 48.9 Å². The van der Waals surface area contributed by atoms with Crippen LogP contribution in [0.4, 0.5) is 0 Å². The molecule has 0 aromatic rings. The number of nitrogens with one attached hydrogen (secondary N) is 5. The zero-order valence-corrected chi connectivity index (χ0v) is 30.9. The molecule has 0 aliphatic heterocycles. The molecular formula is C31H60N14O10. The molecular weight excluding hydrogens is 728 g/mol. The Balaban J connectivity index is 6.33. The minimum absolute atomic E-state index is 0.0297. The van der Waals surface area contributed by atoms with Gasteiger partial charge in [-0.15, -0.1) is 0 Å². The summed E-state index contributed by atoms with van der Waals surface area (Å²) < 4.78 is 0. The van der Waals surface area contributed by atoms with Crippen molar-refractivity contribution in [3.05, 3.63) is 0 Å². The first-order valence-corrected chi connectivity index (χ1v) is 17.8. The molecule has 5 amide bonds. The number of aliphatic carboxylic acids is 2. The first-order chi connectivity index (χ1) is 26.0. The van der Waals surface area contributed by atoms with Crippen LogP contribution in [0.3, 0.4) is 0 Å². The van der Waals surface area contributed by atoms with Gasteiger partial charge in [0.2, 0.25) is 29.5 Å². The van der Waals surface area contributed by atoms with E-state index in [1.807, 2.05) is 0 Å². The normalized spacial score (nSPS) is 14.0. The number of carboxylic acid groups (broad SMARTS) is 2. The lowest BCUT2D eigenvalue weighted by atomic mass is 10.0. The number of carbonyl (C=O) groups is 7. The Morgan fingerprint density at radius 2 is 0.855 bits per heavy atom. The second-order valence-corrected chi connectivity index (χ2v) is 12.5. The van der Waals surface area contributed by atoms with Crippen LogP contribution in [-0.4, -0.2) is 138 Å². The first-order valence-electron chi connectivity index (χ1n) is 17.8. The number of rotatable bonds is 30. The van der Waals surface area contributed by atoms with Crippen molar-refractivity contribution in [2.45, 2.75) is 107 Å². The van der Waals surface area contributed by atoms with Crippen LogP contribution in [0, 0.1) is 0 Å². The molecule has 0 bridgehead atoms. The number of hydrogen-bond acceptors (Lipinski definition) is 13. The average Bonchev–Trinajstić information content (AvgIpc) is 3.11. The van der Waals surface area contributed by atoms with Gasteiger partial charge < -0.3 is 82.0 Å². The lowest BCUT2D eigenvalue weighted by Crippen LogP contribution is -2.59. The highest BCUT2D eigenvalue weighted by molar-refractivity contribution is 5.97. The van der Waals surface area contributed by atoms with Crippen LogP contribution in [-0.2, 0) is 33.6 Å². The van der Waals surface area contributed by atoms with Gasteiger partial charge in [-0.2, -0.15) is 0 Å². The van der Waals surface area contributed by atoms with E-state index < -0.39 is 90.8 Å². The maximum Gasteiger partial charge on any atom is 0.326 e. The van der Waals surface area contributed by atoms with Crippen LogP contribution in [0.5, 0.6) is 0 Å². The van der Waals surface area contributed by atoms with E-state index in [4.69, 9.17) is 40.1 Å². The number of aliphatic imine (C=N–C) groups is 2.